The average molecular weight is 249 g/mol. The molecule has 1 aromatic carbocycles. The molecular formula is C11H14F3NS. The fourth-order valence-electron chi connectivity index (χ4n) is 1.13. The Bertz CT molecular complexity index is 363. The molecule has 1 unspecified atom stereocenters. The lowest BCUT2D eigenvalue weighted by atomic mass is 10.2. The third-order valence-corrected chi connectivity index (χ3v) is 3.60. The van der Waals surface area contributed by atoms with E-state index in [9.17, 15) is 13.2 Å². The third-order valence-electron chi connectivity index (χ3n) is 2.24. The van der Waals surface area contributed by atoms with Gasteiger partial charge in [-0.15, -0.1) is 11.8 Å². The molecule has 5 heteroatoms. The maximum atomic E-state index is 12.4. The average Bonchev–Trinajstić information content (AvgIpc) is 2.19. The van der Waals surface area contributed by atoms with Crippen LogP contribution in [-0.2, 0) is 6.18 Å². The smallest absolute Gasteiger partial charge is 0.398 e. The molecule has 1 aromatic rings. The highest BCUT2D eigenvalue weighted by Gasteiger charge is 2.30. The third kappa shape index (κ3) is 3.33. The van der Waals surface area contributed by atoms with Crippen molar-refractivity contribution in [3.8, 4) is 0 Å². The number of anilines is 1. The number of rotatable bonds is 3. The lowest BCUT2D eigenvalue weighted by Crippen LogP contribution is -2.06. The van der Waals surface area contributed by atoms with Gasteiger partial charge in [-0.3, -0.25) is 0 Å². The summed E-state index contributed by atoms with van der Waals surface area (Å²) < 4.78 is 37.1. The summed E-state index contributed by atoms with van der Waals surface area (Å²) in [7, 11) is 0. The summed E-state index contributed by atoms with van der Waals surface area (Å²) in [5.74, 6) is 0. The Morgan fingerprint density at radius 2 is 2.00 bits per heavy atom. The predicted molar refractivity (Wildman–Crippen MR) is 61.5 cm³/mol. The highest BCUT2D eigenvalue weighted by Crippen LogP contribution is 2.35. The Hall–Kier alpha value is -0.840. The molecule has 0 aromatic heterocycles. The summed E-state index contributed by atoms with van der Waals surface area (Å²) in [6, 6.07) is 3.50. The van der Waals surface area contributed by atoms with Crippen LogP contribution in [0.15, 0.2) is 23.1 Å². The van der Waals surface area contributed by atoms with E-state index >= 15 is 0 Å². The van der Waals surface area contributed by atoms with Gasteiger partial charge in [-0.1, -0.05) is 13.8 Å². The molecule has 0 aliphatic carbocycles. The summed E-state index contributed by atoms with van der Waals surface area (Å²) >= 11 is 1.50. The van der Waals surface area contributed by atoms with Gasteiger partial charge in [0.15, 0.2) is 0 Å². The normalized spacial score (nSPS) is 13.8. The lowest BCUT2D eigenvalue weighted by Gasteiger charge is -2.13. The van der Waals surface area contributed by atoms with Gasteiger partial charge in [-0.05, 0) is 24.6 Å². The van der Waals surface area contributed by atoms with Crippen molar-refractivity contribution in [2.45, 2.75) is 36.6 Å². The molecule has 0 heterocycles. The van der Waals surface area contributed by atoms with Crippen LogP contribution in [0.25, 0.3) is 0 Å². The first-order valence-corrected chi connectivity index (χ1v) is 5.86. The van der Waals surface area contributed by atoms with Crippen LogP contribution < -0.4 is 5.73 Å². The van der Waals surface area contributed by atoms with E-state index in [-0.39, 0.29) is 5.69 Å². The summed E-state index contributed by atoms with van der Waals surface area (Å²) in [4.78, 5) is 0.711. The number of benzene rings is 1. The molecule has 16 heavy (non-hydrogen) atoms. The van der Waals surface area contributed by atoms with Gasteiger partial charge < -0.3 is 5.73 Å². The van der Waals surface area contributed by atoms with Gasteiger partial charge in [0.1, 0.15) is 0 Å². The van der Waals surface area contributed by atoms with E-state index in [1.165, 1.54) is 17.8 Å². The van der Waals surface area contributed by atoms with E-state index in [1.54, 1.807) is 0 Å². The first-order chi connectivity index (χ1) is 7.34. The minimum absolute atomic E-state index is 0.195. The molecule has 90 valence electrons. The molecule has 0 saturated heterocycles. The van der Waals surface area contributed by atoms with Crippen LogP contribution in [0, 0.1) is 0 Å². The zero-order valence-electron chi connectivity index (χ0n) is 9.14. The Balaban J connectivity index is 2.92. The summed E-state index contributed by atoms with van der Waals surface area (Å²) in [5, 5.41) is 0.346. The second-order valence-electron chi connectivity index (χ2n) is 3.59. The molecule has 0 bridgehead atoms. The summed E-state index contributed by atoms with van der Waals surface area (Å²) in [5.41, 5.74) is 5.10. The minimum Gasteiger partial charge on any atom is -0.398 e. The molecule has 1 rings (SSSR count). The largest absolute Gasteiger partial charge is 0.416 e. The quantitative estimate of drug-likeness (QED) is 0.642. The Labute approximate surface area is 97.2 Å². The van der Waals surface area contributed by atoms with Gasteiger partial charge in [0.2, 0.25) is 0 Å². The number of nitrogen functional groups attached to an aromatic ring is 1. The Kier molecular flexibility index (Phi) is 4.13. The van der Waals surface area contributed by atoms with E-state index in [2.05, 4.69) is 0 Å². The summed E-state index contributed by atoms with van der Waals surface area (Å²) in [6.07, 6.45) is -3.38. The molecule has 0 spiro atoms. The van der Waals surface area contributed by atoms with Crippen molar-refractivity contribution >= 4 is 17.4 Å². The zero-order chi connectivity index (χ0) is 12.3. The molecule has 2 N–H and O–H groups in total. The van der Waals surface area contributed by atoms with Crippen molar-refractivity contribution in [1.29, 1.82) is 0 Å². The number of thioether (sulfide) groups is 1. The van der Waals surface area contributed by atoms with E-state index in [1.807, 2.05) is 13.8 Å². The van der Waals surface area contributed by atoms with Gasteiger partial charge in [0.05, 0.1) is 5.56 Å². The molecule has 0 aliphatic heterocycles. The van der Waals surface area contributed by atoms with Crippen molar-refractivity contribution < 1.29 is 13.2 Å². The predicted octanol–water partition coefficient (Wildman–Crippen LogP) is 4.18. The molecule has 0 saturated carbocycles. The van der Waals surface area contributed by atoms with E-state index in [0.717, 1.165) is 18.6 Å². The lowest BCUT2D eigenvalue weighted by molar-refractivity contribution is -0.137. The maximum absolute atomic E-state index is 12.4. The van der Waals surface area contributed by atoms with Gasteiger partial charge in [0.25, 0.3) is 0 Å². The number of alkyl halides is 3. The number of hydrogen-bond acceptors (Lipinski definition) is 2. The minimum atomic E-state index is -4.33. The monoisotopic (exact) mass is 249 g/mol. The van der Waals surface area contributed by atoms with E-state index in [4.69, 9.17) is 5.73 Å². The SMILES string of the molecule is CCC(C)Sc1ccc(C(F)(F)F)cc1N. The highest BCUT2D eigenvalue weighted by atomic mass is 32.2. The van der Waals surface area contributed by atoms with Gasteiger partial charge in [0, 0.05) is 15.8 Å². The van der Waals surface area contributed by atoms with Gasteiger partial charge in [-0.2, -0.15) is 13.2 Å². The number of hydrogen-bond donors (Lipinski definition) is 1. The van der Waals surface area contributed by atoms with Crippen LogP contribution in [0.2, 0.25) is 0 Å². The Morgan fingerprint density at radius 1 is 1.38 bits per heavy atom. The second kappa shape index (κ2) is 4.99. The van der Waals surface area contributed by atoms with Crippen LogP contribution in [-0.4, -0.2) is 5.25 Å². The molecule has 0 fully saturated rings. The molecule has 0 aliphatic rings. The first kappa shape index (κ1) is 13.2. The van der Waals surface area contributed by atoms with Crippen LogP contribution in [0.1, 0.15) is 25.8 Å². The van der Waals surface area contributed by atoms with Crippen LogP contribution >= 0.6 is 11.8 Å². The molecule has 1 nitrogen and oxygen atoms in total. The maximum Gasteiger partial charge on any atom is 0.416 e. The van der Waals surface area contributed by atoms with Crippen LogP contribution in [0.4, 0.5) is 18.9 Å². The highest BCUT2D eigenvalue weighted by molar-refractivity contribution is 8.00. The molecular weight excluding hydrogens is 235 g/mol. The molecule has 0 amide bonds. The summed E-state index contributed by atoms with van der Waals surface area (Å²) in [6.45, 7) is 4.04. The van der Waals surface area contributed by atoms with Crippen molar-refractivity contribution in [3.05, 3.63) is 23.8 Å². The Morgan fingerprint density at radius 3 is 2.44 bits per heavy atom. The van der Waals surface area contributed by atoms with Crippen molar-refractivity contribution in [2.24, 2.45) is 0 Å². The number of nitrogens with two attached hydrogens (primary N) is 1. The first-order valence-electron chi connectivity index (χ1n) is 4.98. The topological polar surface area (TPSA) is 26.0 Å². The second-order valence-corrected chi connectivity index (χ2v) is 5.07. The zero-order valence-corrected chi connectivity index (χ0v) is 9.95. The van der Waals surface area contributed by atoms with Gasteiger partial charge in [-0.25, -0.2) is 0 Å². The standard InChI is InChI=1S/C11H14F3NS/c1-3-7(2)16-10-5-4-8(6-9(10)15)11(12,13)14/h4-7H,3,15H2,1-2H3. The van der Waals surface area contributed by atoms with Crippen LogP contribution in [0.5, 0.6) is 0 Å². The van der Waals surface area contributed by atoms with E-state index < -0.39 is 11.7 Å². The van der Waals surface area contributed by atoms with Crippen LogP contribution in [0.3, 0.4) is 0 Å². The van der Waals surface area contributed by atoms with E-state index in [0.29, 0.717) is 10.1 Å². The van der Waals surface area contributed by atoms with Crippen molar-refractivity contribution in [1.82, 2.24) is 0 Å². The van der Waals surface area contributed by atoms with Gasteiger partial charge >= 0.3 is 6.18 Å². The van der Waals surface area contributed by atoms with Crippen molar-refractivity contribution in [2.75, 3.05) is 5.73 Å². The van der Waals surface area contributed by atoms with Crippen molar-refractivity contribution in [3.63, 3.8) is 0 Å². The fraction of sp³-hybridized carbons (Fsp3) is 0.455. The number of halogens is 3. The molecule has 1 atom stereocenters. The fourth-order valence-corrected chi connectivity index (χ4v) is 2.07. The molecule has 0 radical (unpaired) electrons.